The molecule has 0 amide bonds. The van der Waals surface area contributed by atoms with E-state index in [1.165, 1.54) is 0 Å². The molecule has 0 fully saturated rings. The molecule has 0 bridgehead atoms. The molecule has 6 nitrogen and oxygen atoms in total. The monoisotopic (exact) mass is 478 g/mol. The van der Waals surface area contributed by atoms with Crippen molar-refractivity contribution in [1.82, 2.24) is 0 Å². The van der Waals surface area contributed by atoms with Crippen LogP contribution in [0.3, 0.4) is 0 Å². The van der Waals surface area contributed by atoms with Gasteiger partial charge < -0.3 is 20.8 Å². The zero-order valence-corrected chi connectivity index (χ0v) is 19.6. The van der Waals surface area contributed by atoms with Gasteiger partial charge >= 0.3 is 0 Å². The molecule has 1 aliphatic carbocycles. The van der Waals surface area contributed by atoms with Crippen molar-refractivity contribution < 1.29 is 19.8 Å². The summed E-state index contributed by atoms with van der Waals surface area (Å²) in [5.74, 6) is -0.414. The first kappa shape index (κ1) is 23.5. The second-order valence-corrected chi connectivity index (χ2v) is 8.71. The van der Waals surface area contributed by atoms with Gasteiger partial charge in [-0.3, -0.25) is 9.59 Å². The van der Waals surface area contributed by atoms with Crippen molar-refractivity contribution in [1.29, 1.82) is 0 Å². The van der Waals surface area contributed by atoms with Crippen LogP contribution in [0.4, 0.5) is 22.7 Å². The van der Waals surface area contributed by atoms with Crippen molar-refractivity contribution >= 4 is 34.3 Å². The van der Waals surface area contributed by atoms with Crippen molar-refractivity contribution in [2.24, 2.45) is 0 Å². The molecule has 180 valence electrons. The quantitative estimate of drug-likeness (QED) is 0.250. The fourth-order valence-corrected chi connectivity index (χ4v) is 4.53. The molecular weight excluding hydrogens is 452 g/mol. The Bertz CT molecular complexity index is 1320. The van der Waals surface area contributed by atoms with E-state index >= 15 is 0 Å². The predicted octanol–water partition coefficient (Wildman–Crippen LogP) is 5.02. The Morgan fingerprint density at radius 1 is 0.528 bits per heavy atom. The SMILES string of the molecule is O=C1c2cccc(Nc3ccc(CCO)cc3)c2C(=O)c2c(Nc3ccc(CCO)cc3)cccc21. The molecule has 0 heterocycles. The summed E-state index contributed by atoms with van der Waals surface area (Å²) in [6.07, 6.45) is 1.15. The van der Waals surface area contributed by atoms with Gasteiger partial charge in [0.2, 0.25) is 0 Å². The number of aliphatic hydroxyl groups excluding tert-OH is 2. The maximum atomic E-state index is 13.9. The summed E-state index contributed by atoms with van der Waals surface area (Å²) in [5, 5.41) is 24.9. The van der Waals surface area contributed by atoms with Gasteiger partial charge in [-0.1, -0.05) is 48.5 Å². The van der Waals surface area contributed by atoms with Gasteiger partial charge in [0.15, 0.2) is 11.6 Å². The van der Waals surface area contributed by atoms with E-state index in [1.807, 2.05) is 48.5 Å². The lowest BCUT2D eigenvalue weighted by molar-refractivity contribution is 0.0980. The van der Waals surface area contributed by atoms with Crippen LogP contribution >= 0.6 is 0 Å². The highest BCUT2D eigenvalue weighted by Gasteiger charge is 2.33. The van der Waals surface area contributed by atoms with Crippen LogP contribution in [-0.2, 0) is 12.8 Å². The molecule has 0 aromatic heterocycles. The molecule has 36 heavy (non-hydrogen) atoms. The van der Waals surface area contributed by atoms with E-state index in [-0.39, 0.29) is 24.8 Å². The van der Waals surface area contributed by atoms with Gasteiger partial charge in [0.1, 0.15) is 0 Å². The highest BCUT2D eigenvalue weighted by molar-refractivity contribution is 6.32. The first-order valence-corrected chi connectivity index (χ1v) is 11.9. The number of rotatable bonds is 8. The van der Waals surface area contributed by atoms with E-state index in [9.17, 15) is 9.59 Å². The van der Waals surface area contributed by atoms with E-state index in [0.717, 1.165) is 22.5 Å². The number of hydrogen-bond acceptors (Lipinski definition) is 6. The number of carbonyl (C=O) groups is 2. The molecule has 0 saturated carbocycles. The Morgan fingerprint density at radius 2 is 0.944 bits per heavy atom. The van der Waals surface area contributed by atoms with Crippen molar-refractivity contribution in [3.05, 3.63) is 118 Å². The molecular formula is C30H26N2O4. The molecule has 0 unspecified atom stereocenters. The van der Waals surface area contributed by atoms with Crippen LogP contribution in [0.5, 0.6) is 0 Å². The van der Waals surface area contributed by atoms with Crippen LogP contribution < -0.4 is 10.6 Å². The third-order valence-corrected chi connectivity index (χ3v) is 6.34. The van der Waals surface area contributed by atoms with Gasteiger partial charge in [-0.25, -0.2) is 0 Å². The van der Waals surface area contributed by atoms with E-state index < -0.39 is 0 Å². The van der Waals surface area contributed by atoms with Crippen LogP contribution in [0.15, 0.2) is 84.9 Å². The molecule has 4 aromatic carbocycles. The largest absolute Gasteiger partial charge is 0.396 e. The Kier molecular flexibility index (Phi) is 6.62. The molecule has 4 N–H and O–H groups in total. The summed E-state index contributed by atoms with van der Waals surface area (Å²) in [6, 6.07) is 25.8. The van der Waals surface area contributed by atoms with Crippen LogP contribution in [0.1, 0.15) is 43.0 Å². The fourth-order valence-electron chi connectivity index (χ4n) is 4.53. The topological polar surface area (TPSA) is 98.7 Å². The lowest BCUT2D eigenvalue weighted by atomic mass is 9.82. The third kappa shape index (κ3) is 4.52. The Hall–Kier alpha value is -4.26. The van der Waals surface area contributed by atoms with Crippen LogP contribution in [-0.4, -0.2) is 35.0 Å². The molecule has 4 aromatic rings. The maximum absolute atomic E-state index is 13.9. The van der Waals surface area contributed by atoms with E-state index in [2.05, 4.69) is 10.6 Å². The number of benzene rings is 4. The number of nitrogens with one attached hydrogen (secondary N) is 2. The molecule has 5 rings (SSSR count). The van der Waals surface area contributed by atoms with E-state index in [1.54, 1.807) is 36.4 Å². The first-order valence-electron chi connectivity index (χ1n) is 11.9. The molecule has 6 heteroatoms. The lowest BCUT2D eigenvalue weighted by Gasteiger charge is -2.23. The normalized spacial score (nSPS) is 12.2. The number of hydrogen-bond donors (Lipinski definition) is 4. The highest BCUT2D eigenvalue weighted by atomic mass is 16.3. The number of fused-ring (bicyclic) bond motifs is 2. The predicted molar refractivity (Wildman–Crippen MR) is 141 cm³/mol. The highest BCUT2D eigenvalue weighted by Crippen LogP contribution is 2.37. The number of aliphatic hydroxyl groups is 2. The summed E-state index contributed by atoms with van der Waals surface area (Å²) in [6.45, 7) is 0.163. The van der Waals surface area contributed by atoms with Gasteiger partial charge in [-0.2, -0.15) is 0 Å². The van der Waals surface area contributed by atoms with Gasteiger partial charge in [0, 0.05) is 35.7 Å². The summed E-state index contributed by atoms with van der Waals surface area (Å²) < 4.78 is 0. The Morgan fingerprint density at radius 3 is 1.33 bits per heavy atom. The van der Waals surface area contributed by atoms with E-state index in [4.69, 9.17) is 10.2 Å². The zero-order chi connectivity index (χ0) is 25.1. The maximum Gasteiger partial charge on any atom is 0.198 e. The average Bonchev–Trinajstić information content (AvgIpc) is 2.90. The van der Waals surface area contributed by atoms with Crippen molar-refractivity contribution in [3.63, 3.8) is 0 Å². The number of ketones is 2. The first-order chi connectivity index (χ1) is 17.6. The standard InChI is InChI=1S/C30H26N2O4/c33-17-15-19-7-11-21(12-8-19)31-25-5-1-3-23-27(25)30(36)28-24(29(23)35)4-2-6-26(28)32-22-13-9-20(10-14-22)16-18-34/h1-14,31-34H,15-18H2. The molecule has 1 aliphatic rings. The zero-order valence-electron chi connectivity index (χ0n) is 19.6. The van der Waals surface area contributed by atoms with Crippen LogP contribution in [0, 0.1) is 0 Å². The molecule has 0 saturated heterocycles. The second-order valence-electron chi connectivity index (χ2n) is 8.71. The van der Waals surface area contributed by atoms with E-state index in [0.29, 0.717) is 46.5 Å². The minimum atomic E-state index is -0.223. The van der Waals surface area contributed by atoms with Crippen molar-refractivity contribution in [3.8, 4) is 0 Å². The summed E-state index contributed by atoms with van der Waals surface area (Å²) >= 11 is 0. The summed E-state index contributed by atoms with van der Waals surface area (Å²) in [4.78, 5) is 27.3. The molecule has 0 aliphatic heterocycles. The average molecular weight is 479 g/mol. The van der Waals surface area contributed by atoms with Gasteiger partial charge in [-0.05, 0) is 60.4 Å². The van der Waals surface area contributed by atoms with Gasteiger partial charge in [0.25, 0.3) is 0 Å². The smallest absolute Gasteiger partial charge is 0.198 e. The third-order valence-electron chi connectivity index (χ3n) is 6.34. The van der Waals surface area contributed by atoms with Gasteiger partial charge in [0.05, 0.1) is 22.5 Å². The van der Waals surface area contributed by atoms with Crippen molar-refractivity contribution in [2.45, 2.75) is 12.8 Å². The lowest BCUT2D eigenvalue weighted by Crippen LogP contribution is -2.23. The summed E-state index contributed by atoms with van der Waals surface area (Å²) in [5.41, 5.74) is 6.17. The van der Waals surface area contributed by atoms with Crippen molar-refractivity contribution in [2.75, 3.05) is 23.8 Å². The second kappa shape index (κ2) is 10.2. The Labute approximate surface area is 209 Å². The molecule has 0 radical (unpaired) electrons. The van der Waals surface area contributed by atoms with Crippen LogP contribution in [0.25, 0.3) is 0 Å². The summed E-state index contributed by atoms with van der Waals surface area (Å²) in [7, 11) is 0. The molecule has 0 spiro atoms. The number of anilines is 4. The fraction of sp³-hybridized carbons (Fsp3) is 0.133. The minimum Gasteiger partial charge on any atom is -0.396 e. The minimum absolute atomic E-state index is 0.0815. The Balaban J connectivity index is 1.50. The van der Waals surface area contributed by atoms with Crippen LogP contribution in [0.2, 0.25) is 0 Å². The number of carbonyl (C=O) groups excluding carboxylic acids is 2. The van der Waals surface area contributed by atoms with Gasteiger partial charge in [-0.15, -0.1) is 0 Å². The molecule has 0 atom stereocenters.